The Labute approximate surface area is 102 Å². The molecule has 1 aromatic carbocycles. The van der Waals surface area contributed by atoms with E-state index < -0.39 is 3.78 Å². The molecule has 0 saturated carbocycles. The number of alkyl halides is 2. The highest BCUT2D eigenvalue weighted by Crippen LogP contribution is 2.41. The Kier molecular flexibility index (Phi) is 4.29. The van der Waals surface area contributed by atoms with E-state index in [9.17, 15) is 9.18 Å². The van der Waals surface area contributed by atoms with Crippen LogP contribution in [-0.4, -0.2) is 5.78 Å². The molecule has 0 aromatic heterocycles. The molecule has 1 rings (SSSR count). The summed E-state index contributed by atoms with van der Waals surface area (Å²) in [6, 6.07) is 6.27. The first-order chi connectivity index (χ1) is 6.93. The Morgan fingerprint density at radius 3 is 2.67 bits per heavy atom. The fourth-order valence-corrected chi connectivity index (χ4v) is 1.99. The first-order valence-electron chi connectivity index (χ1n) is 4.56. The molecule has 1 aromatic rings. The molecule has 0 bridgehead atoms. The van der Waals surface area contributed by atoms with Crippen molar-refractivity contribution < 1.29 is 9.18 Å². The molecule has 0 heterocycles. The SMILES string of the molecule is CC(=O)CCC(Cl)(Br)c1ccccc1F. The van der Waals surface area contributed by atoms with Crippen LogP contribution in [0.1, 0.15) is 25.3 Å². The Morgan fingerprint density at radius 2 is 2.13 bits per heavy atom. The zero-order valence-corrected chi connectivity index (χ0v) is 10.6. The molecular weight excluding hydrogens is 282 g/mol. The molecule has 0 aliphatic heterocycles. The fraction of sp³-hybridized carbons (Fsp3) is 0.364. The minimum atomic E-state index is -0.996. The minimum absolute atomic E-state index is 0.0378. The second kappa shape index (κ2) is 5.08. The predicted octanol–water partition coefficient (Wildman–Crippen LogP) is 3.98. The maximum Gasteiger partial charge on any atom is 0.129 e. The van der Waals surface area contributed by atoms with Gasteiger partial charge < -0.3 is 4.79 Å². The van der Waals surface area contributed by atoms with Crippen LogP contribution in [0, 0.1) is 5.82 Å². The number of ketones is 1. The Morgan fingerprint density at radius 1 is 1.53 bits per heavy atom. The lowest BCUT2D eigenvalue weighted by Crippen LogP contribution is -2.13. The van der Waals surface area contributed by atoms with E-state index in [0.717, 1.165) is 0 Å². The smallest absolute Gasteiger partial charge is 0.129 e. The van der Waals surface area contributed by atoms with Gasteiger partial charge in [-0.3, -0.25) is 0 Å². The summed E-state index contributed by atoms with van der Waals surface area (Å²) in [5.41, 5.74) is 0.368. The van der Waals surface area contributed by atoms with E-state index in [-0.39, 0.29) is 11.6 Å². The van der Waals surface area contributed by atoms with Crippen LogP contribution in [-0.2, 0) is 8.58 Å². The van der Waals surface area contributed by atoms with Crippen LogP contribution in [0.3, 0.4) is 0 Å². The molecule has 4 heteroatoms. The molecule has 1 atom stereocenters. The van der Waals surface area contributed by atoms with Gasteiger partial charge in [0.15, 0.2) is 0 Å². The lowest BCUT2D eigenvalue weighted by atomic mass is 10.1. The van der Waals surface area contributed by atoms with Crippen molar-refractivity contribution in [2.75, 3.05) is 0 Å². The van der Waals surface area contributed by atoms with E-state index in [1.165, 1.54) is 13.0 Å². The van der Waals surface area contributed by atoms with Gasteiger partial charge in [-0.2, -0.15) is 0 Å². The molecule has 0 radical (unpaired) electrons. The summed E-state index contributed by atoms with van der Waals surface area (Å²) in [4.78, 5) is 10.8. The normalized spacial score (nSPS) is 14.7. The Bertz CT molecular complexity index is 365. The number of hydrogen-bond acceptors (Lipinski definition) is 1. The zero-order chi connectivity index (χ0) is 11.5. The molecule has 15 heavy (non-hydrogen) atoms. The van der Waals surface area contributed by atoms with E-state index >= 15 is 0 Å². The molecule has 0 N–H and O–H groups in total. The van der Waals surface area contributed by atoms with Gasteiger partial charge in [-0.25, -0.2) is 4.39 Å². The first kappa shape index (κ1) is 12.7. The van der Waals surface area contributed by atoms with Crippen LogP contribution < -0.4 is 0 Å². The monoisotopic (exact) mass is 292 g/mol. The summed E-state index contributed by atoms with van der Waals surface area (Å²) < 4.78 is 12.4. The third-order valence-electron chi connectivity index (χ3n) is 2.06. The topological polar surface area (TPSA) is 17.1 Å². The van der Waals surface area contributed by atoms with Crippen molar-refractivity contribution in [2.45, 2.75) is 23.5 Å². The van der Waals surface area contributed by atoms with Gasteiger partial charge in [0, 0.05) is 12.0 Å². The van der Waals surface area contributed by atoms with Gasteiger partial charge in [0.2, 0.25) is 0 Å². The first-order valence-corrected chi connectivity index (χ1v) is 5.73. The van der Waals surface area contributed by atoms with Gasteiger partial charge in [-0.05, 0) is 19.4 Å². The van der Waals surface area contributed by atoms with E-state index in [0.29, 0.717) is 18.4 Å². The van der Waals surface area contributed by atoms with Crippen molar-refractivity contribution >= 4 is 33.3 Å². The predicted molar refractivity (Wildman–Crippen MR) is 62.8 cm³/mol. The number of benzene rings is 1. The largest absolute Gasteiger partial charge is 0.300 e. The average Bonchev–Trinajstić information content (AvgIpc) is 2.15. The van der Waals surface area contributed by atoms with Crippen LogP contribution in [0.5, 0.6) is 0 Å². The number of carbonyl (C=O) groups is 1. The number of halogens is 3. The second-order valence-electron chi connectivity index (χ2n) is 3.39. The van der Waals surface area contributed by atoms with E-state index in [2.05, 4.69) is 15.9 Å². The summed E-state index contributed by atoms with van der Waals surface area (Å²) in [7, 11) is 0. The van der Waals surface area contributed by atoms with E-state index in [1.54, 1.807) is 18.2 Å². The Balaban J connectivity index is 2.85. The summed E-state index contributed by atoms with van der Waals surface area (Å²) in [6.45, 7) is 1.49. The third kappa shape index (κ3) is 3.58. The average molecular weight is 294 g/mol. The molecule has 0 fully saturated rings. The summed E-state index contributed by atoms with van der Waals surface area (Å²) in [6.07, 6.45) is 0.688. The highest BCUT2D eigenvalue weighted by molar-refractivity contribution is 9.10. The number of carbonyl (C=O) groups excluding carboxylic acids is 1. The fourth-order valence-electron chi connectivity index (χ4n) is 1.23. The number of hydrogen-bond donors (Lipinski definition) is 0. The van der Waals surface area contributed by atoms with Crippen molar-refractivity contribution in [1.29, 1.82) is 0 Å². The summed E-state index contributed by atoms with van der Waals surface area (Å²) >= 11 is 9.38. The number of rotatable bonds is 4. The molecular formula is C11H11BrClFO. The zero-order valence-electron chi connectivity index (χ0n) is 8.27. The molecule has 1 unspecified atom stereocenters. The second-order valence-corrected chi connectivity index (χ2v) is 5.84. The molecule has 0 saturated heterocycles. The molecule has 0 aliphatic carbocycles. The van der Waals surface area contributed by atoms with Crippen molar-refractivity contribution in [3.05, 3.63) is 35.6 Å². The highest BCUT2D eigenvalue weighted by atomic mass is 79.9. The van der Waals surface area contributed by atoms with Gasteiger partial charge in [-0.15, -0.1) is 11.6 Å². The standard InChI is InChI=1S/C11H11BrClFO/c1-8(15)6-7-11(12,13)9-4-2-3-5-10(9)14/h2-5H,6-7H2,1H3. The molecule has 0 spiro atoms. The van der Waals surface area contributed by atoms with Crippen molar-refractivity contribution in [1.82, 2.24) is 0 Å². The summed E-state index contributed by atoms with van der Waals surface area (Å²) in [5.74, 6) is -0.330. The van der Waals surface area contributed by atoms with Crippen LogP contribution in [0.4, 0.5) is 4.39 Å². The maximum absolute atomic E-state index is 13.4. The lowest BCUT2D eigenvalue weighted by molar-refractivity contribution is -0.117. The van der Waals surface area contributed by atoms with Gasteiger partial charge in [0.05, 0.1) is 0 Å². The Hall–Kier alpha value is -0.410. The van der Waals surface area contributed by atoms with Crippen LogP contribution in [0.15, 0.2) is 24.3 Å². The number of Topliss-reactive ketones (excluding diaryl/α,β-unsaturated/α-hetero) is 1. The van der Waals surface area contributed by atoms with E-state index in [4.69, 9.17) is 11.6 Å². The molecule has 0 amide bonds. The van der Waals surface area contributed by atoms with Crippen LogP contribution in [0.2, 0.25) is 0 Å². The van der Waals surface area contributed by atoms with Gasteiger partial charge in [0.25, 0.3) is 0 Å². The van der Waals surface area contributed by atoms with Crippen molar-refractivity contribution in [3.8, 4) is 0 Å². The summed E-state index contributed by atoms with van der Waals surface area (Å²) in [5, 5.41) is 0. The maximum atomic E-state index is 13.4. The minimum Gasteiger partial charge on any atom is -0.300 e. The van der Waals surface area contributed by atoms with Gasteiger partial charge in [-0.1, -0.05) is 34.1 Å². The van der Waals surface area contributed by atoms with Gasteiger partial charge in [0.1, 0.15) is 15.4 Å². The molecule has 82 valence electrons. The van der Waals surface area contributed by atoms with Gasteiger partial charge >= 0.3 is 0 Å². The van der Waals surface area contributed by atoms with Crippen molar-refractivity contribution in [2.24, 2.45) is 0 Å². The third-order valence-corrected chi connectivity index (χ3v) is 3.28. The molecule has 1 nitrogen and oxygen atoms in total. The van der Waals surface area contributed by atoms with Crippen LogP contribution >= 0.6 is 27.5 Å². The lowest BCUT2D eigenvalue weighted by Gasteiger charge is -2.20. The molecule has 0 aliphatic rings. The quantitative estimate of drug-likeness (QED) is 0.767. The highest BCUT2D eigenvalue weighted by Gasteiger charge is 2.28. The van der Waals surface area contributed by atoms with Crippen LogP contribution in [0.25, 0.3) is 0 Å². The van der Waals surface area contributed by atoms with E-state index in [1.807, 2.05) is 0 Å². The van der Waals surface area contributed by atoms with Crippen molar-refractivity contribution in [3.63, 3.8) is 0 Å².